The van der Waals surface area contributed by atoms with Crippen molar-refractivity contribution in [2.75, 3.05) is 32.9 Å². The van der Waals surface area contributed by atoms with Crippen LogP contribution in [0.25, 0.3) is 0 Å². The first-order valence-corrected chi connectivity index (χ1v) is 25.8. The minimum absolute atomic E-state index is 0.166. The Bertz CT molecular complexity index is 1230. The number of ether oxygens (including phenoxy) is 2. The van der Waals surface area contributed by atoms with Crippen LogP contribution in [0.3, 0.4) is 0 Å². The van der Waals surface area contributed by atoms with Gasteiger partial charge < -0.3 is 19.7 Å². The van der Waals surface area contributed by atoms with Crippen molar-refractivity contribution in [2.24, 2.45) is 0 Å². The van der Waals surface area contributed by atoms with Crippen LogP contribution in [-0.2, 0) is 47.1 Å². The van der Waals surface area contributed by atoms with Crippen molar-refractivity contribution in [1.29, 1.82) is 0 Å². The number of unbranched alkanes of at least 4 members (excludes halogenated alkanes) is 28. The summed E-state index contributed by atoms with van der Waals surface area (Å²) >= 11 is 0. The number of rotatable bonds is 44. The fourth-order valence-corrected chi connectivity index (χ4v) is 8.00. The molecule has 0 bridgehead atoms. The fourth-order valence-electron chi connectivity index (χ4n) is 7.25. The molecule has 0 aromatic heterocycles. The quantitative estimate of drug-likeness (QED) is 0.0258. The molecule has 14 heteroatoms. The summed E-state index contributed by atoms with van der Waals surface area (Å²) in [7, 11) is -4.66. The first kappa shape index (κ1) is 56.4. The SMILES string of the molecule is CCCCCCCCCCCCCCCCCC(=O)OC[C@H](COP(=O)(O)OCCNC(=O)CN1C(=O)C=CC1=O)OC(=O)CCCCCCCCCCCCCCCCC. The summed E-state index contributed by atoms with van der Waals surface area (Å²) in [5.41, 5.74) is 0. The molecule has 61 heavy (non-hydrogen) atoms. The van der Waals surface area contributed by atoms with Gasteiger partial charge in [-0.15, -0.1) is 0 Å². The van der Waals surface area contributed by atoms with Crippen LogP contribution in [0.1, 0.15) is 219 Å². The monoisotopic (exact) mass is 885 g/mol. The minimum Gasteiger partial charge on any atom is -0.462 e. The molecule has 354 valence electrons. The number of hydrogen-bond donors (Lipinski definition) is 2. The Morgan fingerprint density at radius 3 is 1.36 bits per heavy atom. The van der Waals surface area contributed by atoms with Gasteiger partial charge in [0.15, 0.2) is 6.10 Å². The van der Waals surface area contributed by atoms with E-state index in [4.69, 9.17) is 18.5 Å². The third kappa shape index (κ3) is 34.6. The van der Waals surface area contributed by atoms with Crippen molar-refractivity contribution < 1.29 is 52.0 Å². The fraction of sp³-hybridized carbons (Fsp3) is 0.851. The van der Waals surface area contributed by atoms with Crippen LogP contribution in [0.15, 0.2) is 12.2 Å². The predicted octanol–water partition coefficient (Wildman–Crippen LogP) is 11.1. The lowest BCUT2D eigenvalue weighted by atomic mass is 10.0. The molecule has 0 saturated heterocycles. The molecule has 1 heterocycles. The molecule has 1 unspecified atom stereocenters. The van der Waals surface area contributed by atoms with E-state index in [0.717, 1.165) is 55.6 Å². The number of carbonyl (C=O) groups excluding carboxylic acids is 5. The molecule has 2 atom stereocenters. The molecule has 0 fully saturated rings. The largest absolute Gasteiger partial charge is 0.472 e. The topological polar surface area (TPSA) is 175 Å². The summed E-state index contributed by atoms with van der Waals surface area (Å²) in [6, 6.07) is 0. The lowest BCUT2D eigenvalue weighted by Gasteiger charge is -2.20. The van der Waals surface area contributed by atoms with E-state index in [1.54, 1.807) is 0 Å². The zero-order chi connectivity index (χ0) is 44.7. The summed E-state index contributed by atoms with van der Waals surface area (Å²) in [6.07, 6.45) is 37.8. The van der Waals surface area contributed by atoms with Crippen LogP contribution in [0.2, 0.25) is 0 Å². The number of phosphoric acid groups is 1. The average Bonchev–Trinajstić information content (AvgIpc) is 3.55. The molecule has 0 aromatic rings. The van der Waals surface area contributed by atoms with Gasteiger partial charge in [0.2, 0.25) is 5.91 Å². The third-order valence-corrected chi connectivity index (χ3v) is 12.0. The smallest absolute Gasteiger partial charge is 0.462 e. The summed E-state index contributed by atoms with van der Waals surface area (Å²) in [5.74, 6) is -2.82. The van der Waals surface area contributed by atoms with Crippen LogP contribution in [0, 0.1) is 0 Å². The van der Waals surface area contributed by atoms with Gasteiger partial charge in [-0.3, -0.25) is 37.9 Å². The van der Waals surface area contributed by atoms with E-state index in [1.807, 2.05) is 0 Å². The van der Waals surface area contributed by atoms with Crippen LogP contribution >= 0.6 is 7.82 Å². The van der Waals surface area contributed by atoms with E-state index in [0.29, 0.717) is 12.8 Å². The molecule has 2 N–H and O–H groups in total. The highest BCUT2D eigenvalue weighted by molar-refractivity contribution is 7.47. The highest BCUT2D eigenvalue weighted by atomic mass is 31.2. The molecule has 0 aromatic carbocycles. The normalized spacial score (nSPS) is 14.0. The number of esters is 2. The van der Waals surface area contributed by atoms with Gasteiger partial charge in [-0.05, 0) is 12.8 Å². The van der Waals surface area contributed by atoms with Crippen molar-refractivity contribution >= 4 is 37.5 Å². The first-order valence-electron chi connectivity index (χ1n) is 24.3. The van der Waals surface area contributed by atoms with Crippen molar-refractivity contribution in [2.45, 2.75) is 225 Å². The van der Waals surface area contributed by atoms with E-state index in [-0.39, 0.29) is 26.0 Å². The van der Waals surface area contributed by atoms with Crippen molar-refractivity contribution in [3.8, 4) is 0 Å². The summed E-state index contributed by atoms with van der Waals surface area (Å²) in [4.78, 5) is 71.7. The number of nitrogens with zero attached hydrogens (tertiary/aromatic N) is 1. The van der Waals surface area contributed by atoms with E-state index >= 15 is 0 Å². The van der Waals surface area contributed by atoms with Crippen LogP contribution in [0.4, 0.5) is 0 Å². The Kier molecular flexibility index (Phi) is 36.1. The van der Waals surface area contributed by atoms with Crippen LogP contribution in [-0.4, -0.2) is 78.5 Å². The second-order valence-corrected chi connectivity index (χ2v) is 18.2. The molecule has 0 aliphatic carbocycles. The molecular weight excluding hydrogens is 799 g/mol. The molecule has 0 radical (unpaired) electrons. The molecule has 0 spiro atoms. The Morgan fingerprint density at radius 1 is 0.574 bits per heavy atom. The summed E-state index contributed by atoms with van der Waals surface area (Å²) in [6.45, 7) is 2.49. The van der Waals surface area contributed by atoms with E-state index in [9.17, 15) is 33.4 Å². The van der Waals surface area contributed by atoms with Gasteiger partial charge in [-0.2, -0.15) is 0 Å². The molecule has 13 nitrogen and oxygen atoms in total. The molecule has 1 aliphatic rings. The highest BCUT2D eigenvalue weighted by Crippen LogP contribution is 2.43. The lowest BCUT2D eigenvalue weighted by molar-refractivity contribution is -0.161. The minimum atomic E-state index is -4.66. The molecule has 3 amide bonds. The average molecular weight is 885 g/mol. The highest BCUT2D eigenvalue weighted by Gasteiger charge is 2.27. The predicted molar refractivity (Wildman–Crippen MR) is 241 cm³/mol. The number of amides is 3. The zero-order valence-corrected chi connectivity index (χ0v) is 39.2. The third-order valence-electron chi connectivity index (χ3n) is 11.0. The van der Waals surface area contributed by atoms with E-state index in [2.05, 4.69) is 19.2 Å². The Balaban J connectivity index is 2.36. The van der Waals surface area contributed by atoms with Gasteiger partial charge in [0.25, 0.3) is 11.8 Å². The zero-order valence-electron chi connectivity index (χ0n) is 38.3. The Labute approximate surface area is 369 Å². The summed E-state index contributed by atoms with van der Waals surface area (Å²) < 4.78 is 33.6. The van der Waals surface area contributed by atoms with E-state index in [1.165, 1.54) is 141 Å². The van der Waals surface area contributed by atoms with Crippen LogP contribution < -0.4 is 5.32 Å². The second-order valence-electron chi connectivity index (χ2n) is 16.7. The van der Waals surface area contributed by atoms with Crippen molar-refractivity contribution in [1.82, 2.24) is 10.2 Å². The number of phosphoric ester groups is 1. The molecular formula is C47H85N2O11P. The lowest BCUT2D eigenvalue weighted by Crippen LogP contribution is -2.41. The van der Waals surface area contributed by atoms with E-state index < -0.39 is 63.3 Å². The maximum atomic E-state index is 12.8. The Hall–Kier alpha value is -2.60. The van der Waals surface area contributed by atoms with Gasteiger partial charge in [0.05, 0.1) is 13.2 Å². The molecule has 1 aliphatic heterocycles. The standard InChI is InChI=1S/C47H85N2O11P/c1-3-5-7-9-11-13-15-17-19-21-23-25-27-29-31-33-46(53)57-40-42(41-59-61(55,56)58-38-37-48-43(50)39-49-44(51)35-36-45(49)52)60-47(54)34-32-30-28-26-24-22-20-18-16-14-12-10-8-6-4-2/h35-36,42H,3-34,37-41H2,1-2H3,(H,48,50)(H,55,56)/t42-/m1/s1. The van der Waals surface area contributed by atoms with Crippen LogP contribution in [0.5, 0.6) is 0 Å². The maximum Gasteiger partial charge on any atom is 0.472 e. The molecule has 0 saturated carbocycles. The number of nitrogens with one attached hydrogen (secondary N) is 1. The Morgan fingerprint density at radius 2 is 0.951 bits per heavy atom. The molecule has 1 rings (SSSR count). The number of carbonyl (C=O) groups is 5. The number of imide groups is 1. The second kappa shape index (κ2) is 39.0. The van der Waals surface area contributed by atoms with Gasteiger partial charge in [-0.25, -0.2) is 4.57 Å². The van der Waals surface area contributed by atoms with Gasteiger partial charge in [0, 0.05) is 31.5 Å². The number of hydrogen-bond acceptors (Lipinski definition) is 10. The van der Waals surface area contributed by atoms with Crippen molar-refractivity contribution in [3.63, 3.8) is 0 Å². The summed E-state index contributed by atoms with van der Waals surface area (Å²) in [5, 5.41) is 2.40. The van der Waals surface area contributed by atoms with Gasteiger partial charge in [-0.1, -0.05) is 194 Å². The van der Waals surface area contributed by atoms with Gasteiger partial charge >= 0.3 is 19.8 Å². The van der Waals surface area contributed by atoms with Gasteiger partial charge in [0.1, 0.15) is 13.2 Å². The van der Waals surface area contributed by atoms with Crippen molar-refractivity contribution in [3.05, 3.63) is 12.2 Å². The first-order chi connectivity index (χ1) is 29.6. The maximum absolute atomic E-state index is 12.8.